The van der Waals surface area contributed by atoms with Crippen LogP contribution in [0.1, 0.15) is 25.0 Å². The van der Waals surface area contributed by atoms with Crippen LogP contribution in [0.15, 0.2) is 262 Å². The quantitative estimate of drug-likeness (QED) is 0.159. The monoisotopic (exact) mass is 966 g/mol. The van der Waals surface area contributed by atoms with Crippen molar-refractivity contribution in [3.63, 3.8) is 0 Å². The number of rotatable bonds is 5. The van der Waals surface area contributed by atoms with Crippen LogP contribution in [0.4, 0.5) is 34.1 Å². The van der Waals surface area contributed by atoms with E-state index in [2.05, 4.69) is 266 Å². The van der Waals surface area contributed by atoms with Crippen LogP contribution in [0.5, 0.6) is 0 Å². The van der Waals surface area contributed by atoms with Crippen LogP contribution in [0.25, 0.3) is 76.8 Å². The third kappa shape index (κ3) is 6.60. The molecule has 0 spiro atoms. The molecule has 0 saturated heterocycles. The van der Waals surface area contributed by atoms with Gasteiger partial charge in [-0.25, -0.2) is 0 Å². The van der Waals surface area contributed by atoms with Gasteiger partial charge in [-0.1, -0.05) is 189 Å². The van der Waals surface area contributed by atoms with Gasteiger partial charge >= 0.3 is 0 Å². The fraction of sp³-hybridized carbons (Fsp3) is 0.0435. The van der Waals surface area contributed by atoms with Gasteiger partial charge in [0, 0.05) is 36.4 Å². The number of hydrogen-bond donors (Lipinski definition) is 0. The Balaban J connectivity index is 1.04. The number of anilines is 6. The summed E-state index contributed by atoms with van der Waals surface area (Å²) in [6, 6.07) is 90.9. The molecule has 3 aliphatic rings. The minimum absolute atomic E-state index is 0.163. The van der Waals surface area contributed by atoms with E-state index >= 15 is 0 Å². The highest BCUT2D eigenvalue weighted by atomic mass is 32.2. The molecule has 344 valence electrons. The molecule has 15 rings (SSSR count). The first kappa shape index (κ1) is 42.4. The molecule has 0 N–H and O–H groups in total. The lowest BCUT2D eigenvalue weighted by molar-refractivity contribution is 0.660. The molecule has 12 aromatic rings. The van der Waals surface area contributed by atoms with Crippen LogP contribution in [-0.4, -0.2) is 0 Å². The van der Waals surface area contributed by atoms with Crippen molar-refractivity contribution in [2.24, 2.45) is 0 Å². The molecule has 0 atom stereocenters. The first-order valence-corrected chi connectivity index (χ1v) is 26.8. The van der Waals surface area contributed by atoms with E-state index in [-0.39, 0.29) is 5.41 Å². The van der Waals surface area contributed by atoms with Gasteiger partial charge in [0.15, 0.2) is 0 Å². The third-order valence-electron chi connectivity index (χ3n) is 15.6. The standard InChI is InChI=1S/C69H46N2S2/c1-69(2)57-19-7-6-18-51(57)52-35-32-48(40-58(52)69)68-54-37-34-49(70-59-20-8-12-24-63(59)72-64-25-13-9-21-60(64)70)41-55(54)67(47-31-30-45-38-44(28-29-46(45)39-47)43-16-4-3-5-17-43)53-36-33-50(42-56(53)68)71-61-22-10-14-26-65(61)73-66-27-15-11-23-62(66)71/h3-42H,1-2H3. The van der Waals surface area contributed by atoms with Gasteiger partial charge in [0.25, 0.3) is 0 Å². The largest absolute Gasteiger partial charge is 0.308 e. The highest BCUT2D eigenvalue weighted by Gasteiger charge is 2.36. The SMILES string of the molecule is CC1(C)c2ccccc2-c2ccc(-c3c4ccc(N5c6ccccc6Sc6ccccc65)cc4c(-c4ccc5cc(-c6ccccc6)ccc5c4)c4ccc(N5c6ccccc6Sc6ccccc65)cc34)cc21. The summed E-state index contributed by atoms with van der Waals surface area (Å²) in [6.07, 6.45) is 0. The van der Waals surface area contributed by atoms with E-state index in [1.807, 2.05) is 23.5 Å². The predicted octanol–water partition coefficient (Wildman–Crippen LogP) is 20.3. The van der Waals surface area contributed by atoms with E-state index in [1.54, 1.807) is 0 Å². The normalized spacial score (nSPS) is 13.8. The lowest BCUT2D eigenvalue weighted by Crippen LogP contribution is -2.15. The second kappa shape index (κ2) is 16.4. The minimum atomic E-state index is -0.163. The number of nitrogens with zero attached hydrogens (tertiary/aromatic N) is 2. The van der Waals surface area contributed by atoms with Crippen molar-refractivity contribution in [3.8, 4) is 44.5 Å². The fourth-order valence-corrected chi connectivity index (χ4v) is 14.3. The lowest BCUT2D eigenvalue weighted by Gasteiger charge is -2.34. The van der Waals surface area contributed by atoms with Crippen molar-refractivity contribution in [1.82, 2.24) is 0 Å². The Hall–Kier alpha value is -8.28. The van der Waals surface area contributed by atoms with E-state index < -0.39 is 0 Å². The second-order valence-electron chi connectivity index (χ2n) is 20.0. The van der Waals surface area contributed by atoms with Crippen molar-refractivity contribution in [1.29, 1.82) is 0 Å². The Morgan fingerprint density at radius 2 is 0.726 bits per heavy atom. The van der Waals surface area contributed by atoms with Gasteiger partial charge in [-0.2, -0.15) is 0 Å². The average molecular weight is 967 g/mol. The summed E-state index contributed by atoms with van der Waals surface area (Å²) in [6.45, 7) is 4.78. The van der Waals surface area contributed by atoms with E-state index in [0.717, 1.165) is 11.4 Å². The maximum absolute atomic E-state index is 2.51. The molecule has 1 aliphatic carbocycles. The molecule has 2 heterocycles. The summed E-state index contributed by atoms with van der Waals surface area (Å²) in [5, 5.41) is 7.31. The predicted molar refractivity (Wildman–Crippen MR) is 310 cm³/mol. The second-order valence-corrected chi connectivity index (χ2v) is 22.2. The lowest BCUT2D eigenvalue weighted by atomic mass is 9.80. The Morgan fingerprint density at radius 3 is 1.27 bits per heavy atom. The van der Waals surface area contributed by atoms with Crippen molar-refractivity contribution < 1.29 is 0 Å². The van der Waals surface area contributed by atoms with E-state index in [0.29, 0.717) is 0 Å². The highest BCUT2D eigenvalue weighted by Crippen LogP contribution is 2.56. The van der Waals surface area contributed by atoms with Crippen LogP contribution < -0.4 is 9.80 Å². The molecule has 12 aromatic carbocycles. The Bertz CT molecular complexity index is 4180. The van der Waals surface area contributed by atoms with Gasteiger partial charge in [0.2, 0.25) is 0 Å². The van der Waals surface area contributed by atoms with E-state index in [1.165, 1.54) is 130 Å². The number of benzene rings is 12. The fourth-order valence-electron chi connectivity index (χ4n) is 12.1. The molecule has 4 heteroatoms. The Morgan fingerprint density at radius 1 is 0.301 bits per heavy atom. The van der Waals surface area contributed by atoms with Gasteiger partial charge in [0.05, 0.1) is 22.7 Å². The first-order chi connectivity index (χ1) is 35.9. The summed E-state index contributed by atoms with van der Waals surface area (Å²) in [4.78, 5) is 9.95. The van der Waals surface area contributed by atoms with Crippen molar-refractivity contribution >= 4 is 90.0 Å². The minimum Gasteiger partial charge on any atom is -0.308 e. The number of hydrogen-bond acceptors (Lipinski definition) is 4. The summed E-state index contributed by atoms with van der Waals surface area (Å²) < 4.78 is 0. The average Bonchev–Trinajstić information content (AvgIpc) is 3.67. The first-order valence-electron chi connectivity index (χ1n) is 25.1. The van der Waals surface area contributed by atoms with Crippen molar-refractivity contribution in [3.05, 3.63) is 254 Å². The third-order valence-corrected chi connectivity index (χ3v) is 17.8. The Labute approximate surface area is 434 Å². The van der Waals surface area contributed by atoms with Gasteiger partial charge in [-0.15, -0.1) is 0 Å². The molecule has 0 saturated carbocycles. The molecule has 0 fully saturated rings. The van der Waals surface area contributed by atoms with Gasteiger partial charge < -0.3 is 9.80 Å². The van der Waals surface area contributed by atoms with Gasteiger partial charge in [-0.05, 0) is 179 Å². The van der Waals surface area contributed by atoms with E-state index in [9.17, 15) is 0 Å². The van der Waals surface area contributed by atoms with Crippen LogP contribution in [0.2, 0.25) is 0 Å². The van der Waals surface area contributed by atoms with Crippen molar-refractivity contribution in [2.75, 3.05) is 9.80 Å². The van der Waals surface area contributed by atoms with Crippen LogP contribution >= 0.6 is 23.5 Å². The zero-order valence-electron chi connectivity index (χ0n) is 40.3. The van der Waals surface area contributed by atoms with Crippen LogP contribution in [-0.2, 0) is 5.41 Å². The van der Waals surface area contributed by atoms with Gasteiger partial charge in [0.1, 0.15) is 0 Å². The topological polar surface area (TPSA) is 6.48 Å². The van der Waals surface area contributed by atoms with Crippen LogP contribution in [0.3, 0.4) is 0 Å². The molecule has 0 aromatic heterocycles. The molecule has 0 bridgehead atoms. The molecule has 2 aliphatic heterocycles. The molecular weight excluding hydrogens is 921 g/mol. The smallest absolute Gasteiger partial charge is 0.0601 e. The molecule has 0 radical (unpaired) electrons. The molecule has 0 unspecified atom stereocenters. The maximum atomic E-state index is 2.51. The zero-order valence-corrected chi connectivity index (χ0v) is 41.9. The molecule has 0 amide bonds. The van der Waals surface area contributed by atoms with Gasteiger partial charge in [-0.3, -0.25) is 0 Å². The highest BCUT2D eigenvalue weighted by molar-refractivity contribution is 8.00. The summed E-state index contributed by atoms with van der Waals surface area (Å²) >= 11 is 3.70. The maximum Gasteiger partial charge on any atom is 0.0601 e. The Kier molecular flexibility index (Phi) is 9.51. The summed E-state index contributed by atoms with van der Waals surface area (Å²) in [5.41, 5.74) is 19.6. The molecular formula is C69H46N2S2. The molecule has 2 nitrogen and oxygen atoms in total. The van der Waals surface area contributed by atoms with Crippen molar-refractivity contribution in [2.45, 2.75) is 38.8 Å². The number of para-hydroxylation sites is 4. The molecule has 73 heavy (non-hydrogen) atoms. The van der Waals surface area contributed by atoms with E-state index in [4.69, 9.17) is 0 Å². The summed E-state index contributed by atoms with van der Waals surface area (Å²) in [5.74, 6) is 0. The summed E-state index contributed by atoms with van der Waals surface area (Å²) in [7, 11) is 0. The zero-order chi connectivity index (χ0) is 48.4. The number of fused-ring (bicyclic) bond motifs is 10. The van der Waals surface area contributed by atoms with Crippen LogP contribution in [0, 0.1) is 0 Å².